The minimum absolute atomic E-state index is 0.269. The van der Waals surface area contributed by atoms with E-state index in [2.05, 4.69) is 10.6 Å². The number of benzene rings is 2. The minimum Gasteiger partial charge on any atom is -0.333 e. The van der Waals surface area contributed by atoms with Crippen LogP contribution in [0, 0.1) is 0 Å². The summed E-state index contributed by atoms with van der Waals surface area (Å²) < 4.78 is 0. The summed E-state index contributed by atoms with van der Waals surface area (Å²) >= 11 is 23.7. The van der Waals surface area contributed by atoms with E-state index >= 15 is 0 Å². The average Bonchev–Trinajstić information content (AvgIpc) is 2.81. The molecule has 2 N–H and O–H groups in total. The predicted octanol–water partition coefficient (Wildman–Crippen LogP) is 4.20. The molecule has 1 aliphatic rings. The molecule has 2 amide bonds. The van der Waals surface area contributed by atoms with E-state index in [9.17, 15) is 9.59 Å². The molecule has 0 saturated heterocycles. The third-order valence-corrected chi connectivity index (χ3v) is 5.00. The van der Waals surface area contributed by atoms with Gasteiger partial charge in [-0.2, -0.15) is 0 Å². The lowest BCUT2D eigenvalue weighted by molar-refractivity contribution is -0.127. The van der Waals surface area contributed by atoms with Gasteiger partial charge in [0.05, 0.1) is 10.0 Å². The van der Waals surface area contributed by atoms with Crippen LogP contribution in [0.5, 0.6) is 0 Å². The molecular formula is C16H10Cl4N2O2. The Morgan fingerprint density at radius 1 is 1.08 bits per heavy atom. The Morgan fingerprint density at radius 3 is 2.33 bits per heavy atom. The van der Waals surface area contributed by atoms with Crippen LogP contribution in [0.25, 0.3) is 0 Å². The monoisotopic (exact) mass is 402 g/mol. The molecular weight excluding hydrogens is 394 g/mol. The van der Waals surface area contributed by atoms with Crippen molar-refractivity contribution in [1.29, 1.82) is 0 Å². The Kier molecular flexibility index (Phi) is 4.67. The first-order chi connectivity index (χ1) is 11.4. The van der Waals surface area contributed by atoms with Gasteiger partial charge in [-0.15, -0.1) is 11.6 Å². The third kappa shape index (κ3) is 2.74. The molecule has 0 bridgehead atoms. The van der Waals surface area contributed by atoms with E-state index in [1.807, 2.05) is 0 Å². The largest absolute Gasteiger partial charge is 0.333 e. The summed E-state index contributed by atoms with van der Waals surface area (Å²) in [5, 5.41) is 6.50. The molecule has 1 unspecified atom stereocenters. The highest BCUT2D eigenvalue weighted by atomic mass is 35.5. The summed E-state index contributed by atoms with van der Waals surface area (Å²) in [4.78, 5) is 24.8. The molecule has 0 aromatic heterocycles. The van der Waals surface area contributed by atoms with E-state index in [1.165, 1.54) is 0 Å². The Morgan fingerprint density at radius 2 is 1.71 bits per heavy atom. The molecule has 3 rings (SSSR count). The van der Waals surface area contributed by atoms with Gasteiger partial charge in [0, 0.05) is 16.3 Å². The Hall–Kier alpha value is -1.46. The number of alkyl halides is 1. The van der Waals surface area contributed by atoms with Crippen LogP contribution < -0.4 is 10.6 Å². The van der Waals surface area contributed by atoms with Crippen molar-refractivity contribution in [2.75, 3.05) is 11.2 Å². The summed E-state index contributed by atoms with van der Waals surface area (Å²) in [7, 11) is 0. The lowest BCUT2D eigenvalue weighted by atomic mass is 9.83. The Balaban J connectivity index is 2.27. The second-order valence-corrected chi connectivity index (χ2v) is 6.72. The Bertz CT molecular complexity index is 839. The van der Waals surface area contributed by atoms with Crippen LogP contribution in [0.4, 0.5) is 5.69 Å². The maximum atomic E-state index is 12.8. The molecule has 0 saturated carbocycles. The van der Waals surface area contributed by atoms with Gasteiger partial charge in [-0.3, -0.25) is 9.59 Å². The zero-order valence-electron chi connectivity index (χ0n) is 12.0. The molecule has 8 heteroatoms. The van der Waals surface area contributed by atoms with Crippen LogP contribution in [-0.2, 0) is 15.1 Å². The number of carbonyl (C=O) groups is 2. The standard InChI is InChI=1S/C16H10Cl4N2O2/c17-7-14(23)22-16(8-1-3-9(18)4-2-8)10-5-11(19)12(20)6-13(10)21-15(16)24/h1-6H,7H2,(H,21,24)(H,22,23). The SMILES string of the molecule is O=C(CCl)NC1(c2ccc(Cl)cc2)C(=O)Nc2cc(Cl)c(Cl)cc21. The molecule has 124 valence electrons. The molecule has 1 atom stereocenters. The van der Waals surface area contributed by atoms with Crippen LogP contribution in [0.15, 0.2) is 36.4 Å². The molecule has 0 aliphatic carbocycles. The van der Waals surface area contributed by atoms with Gasteiger partial charge in [-0.05, 0) is 29.8 Å². The number of anilines is 1. The Labute approximate surface area is 158 Å². The van der Waals surface area contributed by atoms with Crippen molar-refractivity contribution >= 4 is 63.9 Å². The van der Waals surface area contributed by atoms with Crippen molar-refractivity contribution in [1.82, 2.24) is 5.32 Å². The highest BCUT2D eigenvalue weighted by molar-refractivity contribution is 6.42. The van der Waals surface area contributed by atoms with E-state index in [0.29, 0.717) is 26.9 Å². The summed E-state index contributed by atoms with van der Waals surface area (Å²) in [6, 6.07) is 9.69. The second-order valence-electron chi connectivity index (χ2n) is 5.20. The molecule has 0 spiro atoms. The number of nitrogens with one attached hydrogen (secondary N) is 2. The fourth-order valence-corrected chi connectivity index (χ4v) is 3.24. The topological polar surface area (TPSA) is 58.2 Å². The quantitative estimate of drug-likeness (QED) is 0.754. The van der Waals surface area contributed by atoms with Crippen LogP contribution >= 0.6 is 46.4 Å². The summed E-state index contributed by atoms with van der Waals surface area (Å²) in [5.41, 5.74) is 0.0297. The van der Waals surface area contributed by atoms with Crippen molar-refractivity contribution in [3.63, 3.8) is 0 Å². The lowest BCUT2D eigenvalue weighted by Gasteiger charge is -2.29. The molecule has 2 aromatic carbocycles. The summed E-state index contributed by atoms with van der Waals surface area (Å²) in [5.74, 6) is -1.23. The highest BCUT2D eigenvalue weighted by Gasteiger charge is 2.49. The zero-order valence-corrected chi connectivity index (χ0v) is 15.0. The fourth-order valence-electron chi connectivity index (χ4n) is 2.72. The molecule has 0 fully saturated rings. The van der Waals surface area contributed by atoms with Crippen LogP contribution in [-0.4, -0.2) is 17.7 Å². The molecule has 4 nitrogen and oxygen atoms in total. The van der Waals surface area contributed by atoms with Crippen molar-refractivity contribution in [3.05, 3.63) is 62.6 Å². The maximum Gasteiger partial charge on any atom is 0.259 e. The number of fused-ring (bicyclic) bond motifs is 1. The number of hydrogen-bond donors (Lipinski definition) is 2. The molecule has 24 heavy (non-hydrogen) atoms. The molecule has 1 heterocycles. The number of amides is 2. The van der Waals surface area contributed by atoms with Crippen LogP contribution in [0.3, 0.4) is 0 Å². The van der Waals surface area contributed by atoms with E-state index < -0.39 is 17.4 Å². The van der Waals surface area contributed by atoms with Crippen molar-refractivity contribution in [2.24, 2.45) is 0 Å². The minimum atomic E-state index is -1.46. The lowest BCUT2D eigenvalue weighted by Crippen LogP contribution is -2.52. The average molecular weight is 404 g/mol. The first kappa shape index (κ1) is 17.4. The zero-order chi connectivity index (χ0) is 17.5. The van der Waals surface area contributed by atoms with Gasteiger partial charge in [-0.25, -0.2) is 0 Å². The summed E-state index contributed by atoms with van der Waals surface area (Å²) in [6.07, 6.45) is 0. The molecule has 1 aliphatic heterocycles. The van der Waals surface area contributed by atoms with Gasteiger partial charge in [0.2, 0.25) is 5.91 Å². The van der Waals surface area contributed by atoms with E-state index in [4.69, 9.17) is 46.4 Å². The first-order valence-corrected chi connectivity index (χ1v) is 8.49. The van der Waals surface area contributed by atoms with Gasteiger partial charge >= 0.3 is 0 Å². The van der Waals surface area contributed by atoms with Crippen molar-refractivity contribution in [2.45, 2.75) is 5.54 Å². The number of rotatable bonds is 3. The van der Waals surface area contributed by atoms with Gasteiger partial charge < -0.3 is 10.6 Å². The second kappa shape index (κ2) is 6.45. The third-order valence-electron chi connectivity index (χ3n) is 3.78. The van der Waals surface area contributed by atoms with Crippen molar-refractivity contribution in [3.8, 4) is 0 Å². The molecule has 0 radical (unpaired) electrons. The van der Waals surface area contributed by atoms with Gasteiger partial charge in [0.25, 0.3) is 5.91 Å². The first-order valence-electron chi connectivity index (χ1n) is 6.82. The van der Waals surface area contributed by atoms with Gasteiger partial charge in [-0.1, -0.05) is 46.9 Å². The fraction of sp³-hybridized carbons (Fsp3) is 0.125. The van der Waals surface area contributed by atoms with Crippen LogP contribution in [0.1, 0.15) is 11.1 Å². The highest BCUT2D eigenvalue weighted by Crippen LogP contribution is 2.44. The van der Waals surface area contributed by atoms with Crippen LogP contribution in [0.2, 0.25) is 15.1 Å². The molecule has 2 aromatic rings. The smallest absolute Gasteiger partial charge is 0.259 e. The predicted molar refractivity (Wildman–Crippen MR) is 96.2 cm³/mol. The number of halogens is 4. The van der Waals surface area contributed by atoms with Crippen molar-refractivity contribution < 1.29 is 9.59 Å². The number of hydrogen-bond acceptors (Lipinski definition) is 2. The number of carbonyl (C=O) groups excluding carboxylic acids is 2. The van der Waals surface area contributed by atoms with Gasteiger partial charge in [0.15, 0.2) is 5.54 Å². The summed E-state index contributed by atoms with van der Waals surface area (Å²) in [6.45, 7) is 0. The van der Waals surface area contributed by atoms with E-state index in [-0.39, 0.29) is 10.9 Å². The van der Waals surface area contributed by atoms with E-state index in [1.54, 1.807) is 36.4 Å². The normalized spacial score (nSPS) is 18.9. The van der Waals surface area contributed by atoms with E-state index in [0.717, 1.165) is 0 Å². The van der Waals surface area contributed by atoms with Gasteiger partial charge in [0.1, 0.15) is 5.88 Å². The maximum absolute atomic E-state index is 12.8.